The lowest BCUT2D eigenvalue weighted by molar-refractivity contribution is -0.136. The van der Waals surface area contributed by atoms with E-state index in [-0.39, 0.29) is 11.3 Å². The number of alkyl halides is 3. The van der Waals surface area contributed by atoms with Crippen LogP contribution in [0.2, 0.25) is 0 Å². The molecule has 2 aliphatic heterocycles. The van der Waals surface area contributed by atoms with Crippen molar-refractivity contribution in [3.8, 4) is 22.5 Å². The van der Waals surface area contributed by atoms with Crippen LogP contribution in [0.1, 0.15) is 54.3 Å². The van der Waals surface area contributed by atoms with Crippen LogP contribution in [0.25, 0.3) is 66.4 Å². The van der Waals surface area contributed by atoms with E-state index in [2.05, 4.69) is 53.1 Å². The average molecular weight is 774 g/mol. The Bertz CT molecular complexity index is 2760. The molecule has 6 heterocycles. The van der Waals surface area contributed by atoms with Crippen molar-refractivity contribution >= 4 is 43.9 Å². The van der Waals surface area contributed by atoms with Crippen molar-refractivity contribution in [3.05, 3.63) is 102 Å². The summed E-state index contributed by atoms with van der Waals surface area (Å²) in [5.41, 5.74) is 6.57. The van der Waals surface area contributed by atoms with E-state index in [1.54, 1.807) is 55.6 Å². The number of nitrogens with zero attached hydrogens (tertiary/aromatic N) is 9. The molecule has 2 N–H and O–H groups in total. The van der Waals surface area contributed by atoms with Crippen molar-refractivity contribution in [1.82, 2.24) is 55.3 Å². The smallest absolute Gasteiger partial charge is 0.317 e. The van der Waals surface area contributed by atoms with Crippen LogP contribution in [0.3, 0.4) is 0 Å². The summed E-state index contributed by atoms with van der Waals surface area (Å²) in [5, 5.41) is 24.6. The van der Waals surface area contributed by atoms with Gasteiger partial charge in [0.2, 0.25) is 0 Å². The number of halogens is 4. The number of aryl methyl sites for hydroxylation is 2. The Kier molecular flexibility index (Phi) is 9.57. The summed E-state index contributed by atoms with van der Waals surface area (Å²) >= 11 is 0. The maximum Gasteiger partial charge on any atom is 0.418 e. The van der Waals surface area contributed by atoms with Crippen molar-refractivity contribution in [2.24, 2.45) is 14.1 Å². The second-order valence-electron chi connectivity index (χ2n) is 14.9. The summed E-state index contributed by atoms with van der Waals surface area (Å²) in [6.07, 6.45) is 5.02. The fourth-order valence-electron chi connectivity index (χ4n) is 7.98. The van der Waals surface area contributed by atoms with Gasteiger partial charge in [0.1, 0.15) is 16.6 Å². The molecule has 2 saturated heterocycles. The van der Waals surface area contributed by atoms with E-state index < -0.39 is 11.7 Å². The number of aromatic nitrogens is 9. The standard InChI is InChI=1S/C22H20F3N5.C20H19FN6/c1-30-12-16-8-15(9-17(21(16)29-30)22(23,24)25)14-2-3-18-19(10-14)27-11-20(28-18)13-4-6-26-7-5-13;1-27-11-15-8-14(9-16(21)19(15)26-27)20-23-17-3-2-13(10-18(17)24-25-20)12-4-6-22-7-5-12/h2-3,8-13,26H,4-7H2,1H3;2-3,8-12,22H,4-7H2,1H3. The maximum atomic E-state index is 14.4. The summed E-state index contributed by atoms with van der Waals surface area (Å²) < 4.78 is 58.2. The molecule has 2 fully saturated rings. The first kappa shape index (κ1) is 36.7. The van der Waals surface area contributed by atoms with Gasteiger partial charge in [-0.05, 0) is 123 Å². The van der Waals surface area contributed by atoms with Gasteiger partial charge < -0.3 is 10.6 Å². The van der Waals surface area contributed by atoms with Crippen molar-refractivity contribution in [3.63, 3.8) is 0 Å². The molecule has 11 nitrogen and oxygen atoms in total. The lowest BCUT2D eigenvalue weighted by atomic mass is 9.90. The molecule has 0 unspecified atom stereocenters. The molecule has 4 aromatic heterocycles. The monoisotopic (exact) mass is 773 g/mol. The van der Waals surface area contributed by atoms with Gasteiger partial charge >= 0.3 is 6.18 Å². The number of hydrogen-bond donors (Lipinski definition) is 2. The SMILES string of the molecule is Cn1cc2cc(-c3ccc4nc(C5CCNCC5)cnc4c3)cc(C(F)(F)F)c2n1.Cn1cc2cc(-c3nnc4cc(C5CCNCC5)ccc4n3)cc(F)c2n1. The lowest BCUT2D eigenvalue weighted by Crippen LogP contribution is -2.27. The van der Waals surface area contributed by atoms with Crippen molar-refractivity contribution in [2.45, 2.75) is 43.7 Å². The first-order valence-corrected chi connectivity index (χ1v) is 19.1. The Balaban J connectivity index is 0.000000149. The van der Waals surface area contributed by atoms with E-state index in [4.69, 9.17) is 4.98 Å². The molecular weight excluding hydrogens is 735 g/mol. The second-order valence-corrected chi connectivity index (χ2v) is 14.9. The Labute approximate surface area is 324 Å². The van der Waals surface area contributed by atoms with Gasteiger partial charge in [-0.3, -0.25) is 14.3 Å². The molecule has 0 saturated carbocycles. The largest absolute Gasteiger partial charge is 0.418 e. The summed E-state index contributed by atoms with van der Waals surface area (Å²) in [5.74, 6) is 0.985. The van der Waals surface area contributed by atoms with Gasteiger partial charge in [0.15, 0.2) is 11.6 Å². The molecule has 0 atom stereocenters. The predicted molar refractivity (Wildman–Crippen MR) is 211 cm³/mol. The summed E-state index contributed by atoms with van der Waals surface area (Å²) in [6.45, 7) is 4.05. The topological polar surface area (TPSA) is 124 Å². The molecule has 15 heteroatoms. The molecule has 0 spiro atoms. The summed E-state index contributed by atoms with van der Waals surface area (Å²) in [7, 11) is 3.39. The Morgan fingerprint density at radius 3 is 2.02 bits per heavy atom. The number of nitrogens with one attached hydrogen (secondary N) is 2. The molecule has 2 aliphatic rings. The van der Waals surface area contributed by atoms with E-state index in [0.29, 0.717) is 50.8 Å². The third kappa shape index (κ3) is 7.52. The van der Waals surface area contributed by atoms with Crippen molar-refractivity contribution in [1.29, 1.82) is 0 Å². The van der Waals surface area contributed by atoms with E-state index in [0.717, 1.165) is 85.6 Å². The molecule has 0 amide bonds. The van der Waals surface area contributed by atoms with Crippen molar-refractivity contribution < 1.29 is 17.6 Å². The number of fused-ring (bicyclic) bond motifs is 4. The molecule has 0 aliphatic carbocycles. The van der Waals surface area contributed by atoms with Gasteiger partial charge in [0.25, 0.3) is 0 Å². The molecule has 57 heavy (non-hydrogen) atoms. The van der Waals surface area contributed by atoms with Crippen LogP contribution >= 0.6 is 0 Å². The van der Waals surface area contributed by atoms with Gasteiger partial charge in [0, 0.05) is 54.9 Å². The minimum absolute atomic E-state index is 0.0408. The number of benzene rings is 4. The van der Waals surface area contributed by atoms with Gasteiger partial charge in [-0.15, -0.1) is 10.2 Å². The highest BCUT2D eigenvalue weighted by Gasteiger charge is 2.34. The number of hydrogen-bond acceptors (Lipinski definition) is 9. The van der Waals surface area contributed by atoms with E-state index in [1.807, 2.05) is 18.2 Å². The third-order valence-corrected chi connectivity index (χ3v) is 10.9. The number of rotatable bonds is 4. The van der Waals surface area contributed by atoms with Crippen LogP contribution in [-0.2, 0) is 20.3 Å². The van der Waals surface area contributed by atoms with Gasteiger partial charge in [-0.25, -0.2) is 14.4 Å². The minimum Gasteiger partial charge on any atom is -0.317 e. The van der Waals surface area contributed by atoms with Crippen LogP contribution in [0.15, 0.2) is 79.3 Å². The molecule has 290 valence electrons. The van der Waals surface area contributed by atoms with Crippen LogP contribution < -0.4 is 10.6 Å². The number of piperidine rings is 2. The van der Waals surface area contributed by atoms with Crippen LogP contribution in [0, 0.1) is 5.82 Å². The lowest BCUT2D eigenvalue weighted by Gasteiger charge is -2.23. The highest BCUT2D eigenvalue weighted by molar-refractivity contribution is 5.90. The highest BCUT2D eigenvalue weighted by atomic mass is 19.4. The van der Waals surface area contributed by atoms with Gasteiger partial charge in [0.05, 0.1) is 27.8 Å². The molecule has 0 radical (unpaired) electrons. The fraction of sp³-hybridized carbons (Fsp3) is 0.310. The molecule has 10 rings (SSSR count). The summed E-state index contributed by atoms with van der Waals surface area (Å²) in [4.78, 5) is 13.9. The Hall–Kier alpha value is -5.93. The van der Waals surface area contributed by atoms with Crippen LogP contribution in [-0.4, -0.2) is 70.9 Å². The van der Waals surface area contributed by atoms with Crippen LogP contribution in [0.5, 0.6) is 0 Å². The zero-order valence-corrected chi connectivity index (χ0v) is 31.4. The normalized spacial score (nSPS) is 15.8. The third-order valence-electron chi connectivity index (χ3n) is 10.9. The average Bonchev–Trinajstić information content (AvgIpc) is 3.81. The molecule has 8 aromatic rings. The van der Waals surface area contributed by atoms with Gasteiger partial charge in [-0.1, -0.05) is 12.1 Å². The van der Waals surface area contributed by atoms with Crippen molar-refractivity contribution in [2.75, 3.05) is 26.2 Å². The quantitative estimate of drug-likeness (QED) is 0.172. The predicted octanol–water partition coefficient (Wildman–Crippen LogP) is 7.85. The maximum absolute atomic E-state index is 14.4. The molecular formula is C42H39F4N11. The Morgan fingerprint density at radius 1 is 0.632 bits per heavy atom. The van der Waals surface area contributed by atoms with E-state index >= 15 is 0 Å². The van der Waals surface area contributed by atoms with E-state index in [1.165, 1.54) is 16.3 Å². The zero-order valence-electron chi connectivity index (χ0n) is 31.4. The molecule has 4 aromatic carbocycles. The minimum atomic E-state index is -4.48. The fourth-order valence-corrected chi connectivity index (χ4v) is 7.98. The first-order chi connectivity index (χ1) is 27.6. The molecule has 0 bridgehead atoms. The zero-order chi connectivity index (χ0) is 39.3. The highest BCUT2D eigenvalue weighted by Crippen LogP contribution is 2.38. The first-order valence-electron chi connectivity index (χ1n) is 19.1. The second kappa shape index (κ2) is 14.9. The summed E-state index contributed by atoms with van der Waals surface area (Å²) in [6, 6.07) is 17.8. The van der Waals surface area contributed by atoms with Crippen LogP contribution in [0.4, 0.5) is 17.6 Å². The Morgan fingerprint density at radius 2 is 1.28 bits per heavy atom. The van der Waals surface area contributed by atoms with Gasteiger partial charge in [-0.2, -0.15) is 23.4 Å². The van der Waals surface area contributed by atoms with E-state index in [9.17, 15) is 17.6 Å².